The van der Waals surface area contributed by atoms with Crippen molar-refractivity contribution in [3.05, 3.63) is 46.0 Å². The predicted molar refractivity (Wildman–Crippen MR) is 85.8 cm³/mol. The zero-order chi connectivity index (χ0) is 18.1. The number of hydrogen-bond donors (Lipinski definition) is 1. The van der Waals surface area contributed by atoms with Crippen LogP contribution in [0.3, 0.4) is 0 Å². The first-order chi connectivity index (χ1) is 11.1. The molecule has 1 aromatic heterocycles. The molecular weight excluding hydrogens is 366 g/mol. The van der Waals surface area contributed by atoms with Crippen LogP contribution in [-0.2, 0) is 6.18 Å². The third kappa shape index (κ3) is 3.84. The number of halogens is 5. The van der Waals surface area contributed by atoms with Crippen molar-refractivity contribution in [3.63, 3.8) is 0 Å². The van der Waals surface area contributed by atoms with E-state index < -0.39 is 23.5 Å². The Bertz CT molecular complexity index is 759. The van der Waals surface area contributed by atoms with E-state index in [0.717, 1.165) is 10.9 Å². The summed E-state index contributed by atoms with van der Waals surface area (Å²) >= 11 is 11.7. The molecule has 130 valence electrons. The lowest BCUT2D eigenvalue weighted by atomic mass is 10.2. The van der Waals surface area contributed by atoms with Gasteiger partial charge in [-0.2, -0.15) is 13.2 Å². The van der Waals surface area contributed by atoms with Crippen molar-refractivity contribution < 1.29 is 18.0 Å². The Labute approximate surface area is 146 Å². The molecule has 0 radical (unpaired) electrons. The fourth-order valence-electron chi connectivity index (χ4n) is 2.04. The minimum Gasteiger partial charge on any atom is -0.348 e. The molecule has 0 aliphatic rings. The summed E-state index contributed by atoms with van der Waals surface area (Å²) in [7, 11) is 0. The van der Waals surface area contributed by atoms with E-state index in [0.29, 0.717) is 6.42 Å². The third-order valence-corrected chi connectivity index (χ3v) is 3.95. The van der Waals surface area contributed by atoms with Crippen molar-refractivity contribution in [1.82, 2.24) is 14.9 Å². The largest absolute Gasteiger partial charge is 0.434 e. The fourth-order valence-corrected chi connectivity index (χ4v) is 2.54. The van der Waals surface area contributed by atoms with Gasteiger partial charge in [0.05, 0.1) is 10.7 Å². The summed E-state index contributed by atoms with van der Waals surface area (Å²) in [4.78, 5) is 15.8. The van der Waals surface area contributed by atoms with Crippen LogP contribution in [0.25, 0.3) is 5.69 Å². The molecule has 0 saturated carbocycles. The molecule has 1 unspecified atom stereocenters. The molecule has 0 bridgehead atoms. The van der Waals surface area contributed by atoms with E-state index in [-0.39, 0.29) is 21.8 Å². The summed E-state index contributed by atoms with van der Waals surface area (Å²) < 4.78 is 41.3. The van der Waals surface area contributed by atoms with Gasteiger partial charge in [-0.3, -0.25) is 9.36 Å². The molecule has 0 saturated heterocycles. The Morgan fingerprint density at radius 2 is 2.04 bits per heavy atom. The number of carbonyl (C=O) groups is 1. The van der Waals surface area contributed by atoms with Crippen molar-refractivity contribution in [1.29, 1.82) is 0 Å². The van der Waals surface area contributed by atoms with E-state index in [9.17, 15) is 18.0 Å². The third-order valence-electron chi connectivity index (χ3n) is 3.41. The molecule has 9 heteroatoms. The lowest BCUT2D eigenvalue weighted by Crippen LogP contribution is -2.33. The molecule has 1 heterocycles. The van der Waals surface area contributed by atoms with Crippen molar-refractivity contribution in [3.8, 4) is 5.69 Å². The van der Waals surface area contributed by atoms with Gasteiger partial charge >= 0.3 is 6.18 Å². The topological polar surface area (TPSA) is 46.9 Å². The van der Waals surface area contributed by atoms with Crippen molar-refractivity contribution >= 4 is 29.1 Å². The minimum absolute atomic E-state index is 0.0132. The molecule has 0 spiro atoms. The second-order valence-electron chi connectivity index (χ2n) is 5.19. The van der Waals surface area contributed by atoms with E-state index in [1.54, 1.807) is 6.92 Å². The molecule has 1 amide bonds. The number of benzene rings is 1. The summed E-state index contributed by atoms with van der Waals surface area (Å²) in [6, 6.07) is 3.78. The van der Waals surface area contributed by atoms with Crippen molar-refractivity contribution in [2.24, 2.45) is 0 Å². The van der Waals surface area contributed by atoms with Crippen LogP contribution < -0.4 is 5.32 Å². The average molecular weight is 380 g/mol. The number of nitrogens with zero attached hydrogens (tertiary/aromatic N) is 2. The standard InChI is InChI=1S/C15H14Cl2F3N3O/c1-3-8(2)22-14(24)12-13(15(18,19)20)23(7-21-12)11-5-4-9(16)6-10(11)17/h4-8H,3H2,1-2H3,(H,22,24). The summed E-state index contributed by atoms with van der Waals surface area (Å²) in [6.45, 7) is 3.50. The van der Waals surface area contributed by atoms with E-state index in [1.807, 2.05) is 6.92 Å². The Kier molecular flexibility index (Phi) is 5.45. The van der Waals surface area contributed by atoms with E-state index >= 15 is 0 Å². The normalized spacial score (nSPS) is 13.0. The predicted octanol–water partition coefficient (Wildman–Crippen LogP) is 4.73. The molecule has 0 aliphatic carbocycles. The van der Waals surface area contributed by atoms with Crippen molar-refractivity contribution in [2.45, 2.75) is 32.5 Å². The lowest BCUT2D eigenvalue weighted by molar-refractivity contribution is -0.142. The smallest absolute Gasteiger partial charge is 0.348 e. The molecule has 1 atom stereocenters. The number of rotatable bonds is 4. The van der Waals surface area contributed by atoms with Crippen LogP contribution in [0.5, 0.6) is 0 Å². The Balaban J connectivity index is 2.57. The quantitative estimate of drug-likeness (QED) is 0.834. The highest BCUT2D eigenvalue weighted by Gasteiger charge is 2.41. The summed E-state index contributed by atoms with van der Waals surface area (Å²) in [6.07, 6.45) is -3.29. The maximum absolute atomic E-state index is 13.5. The highest BCUT2D eigenvalue weighted by molar-refractivity contribution is 6.35. The second-order valence-corrected chi connectivity index (χ2v) is 6.03. The highest BCUT2D eigenvalue weighted by Crippen LogP contribution is 2.35. The maximum atomic E-state index is 13.5. The van der Waals surface area contributed by atoms with Gasteiger partial charge in [-0.1, -0.05) is 30.1 Å². The molecule has 4 nitrogen and oxygen atoms in total. The zero-order valence-electron chi connectivity index (χ0n) is 12.8. The van der Waals surface area contributed by atoms with E-state index in [4.69, 9.17) is 23.2 Å². The maximum Gasteiger partial charge on any atom is 0.434 e. The number of aromatic nitrogens is 2. The Morgan fingerprint density at radius 3 is 2.58 bits per heavy atom. The molecule has 1 N–H and O–H groups in total. The molecule has 2 rings (SSSR count). The van der Waals surface area contributed by atoms with E-state index in [2.05, 4.69) is 10.3 Å². The molecule has 1 aromatic carbocycles. The van der Waals surface area contributed by atoms with E-state index in [1.165, 1.54) is 18.2 Å². The van der Waals surface area contributed by atoms with Crippen LogP contribution in [0, 0.1) is 0 Å². The minimum atomic E-state index is -4.79. The lowest BCUT2D eigenvalue weighted by Gasteiger charge is -2.15. The van der Waals surface area contributed by atoms with Crippen LogP contribution in [-0.4, -0.2) is 21.5 Å². The number of hydrogen-bond acceptors (Lipinski definition) is 2. The first-order valence-electron chi connectivity index (χ1n) is 7.06. The van der Waals surface area contributed by atoms with Crippen LogP contribution in [0.2, 0.25) is 10.0 Å². The first-order valence-corrected chi connectivity index (χ1v) is 7.81. The number of imidazole rings is 1. The Morgan fingerprint density at radius 1 is 1.38 bits per heavy atom. The summed E-state index contributed by atoms with van der Waals surface area (Å²) in [5, 5.41) is 2.78. The van der Waals surface area contributed by atoms with Gasteiger partial charge < -0.3 is 5.32 Å². The fraction of sp³-hybridized carbons (Fsp3) is 0.333. The zero-order valence-corrected chi connectivity index (χ0v) is 14.3. The van der Waals surface area contributed by atoms with Crippen LogP contribution in [0.4, 0.5) is 13.2 Å². The molecule has 0 fully saturated rings. The van der Waals surface area contributed by atoms with Gasteiger partial charge in [-0.15, -0.1) is 0 Å². The molecular formula is C15H14Cl2F3N3O. The first kappa shape index (κ1) is 18.6. The van der Waals surface area contributed by atoms with Gasteiger partial charge in [0.15, 0.2) is 11.4 Å². The second kappa shape index (κ2) is 7.03. The summed E-state index contributed by atoms with van der Waals surface area (Å²) in [5.41, 5.74) is -1.86. The summed E-state index contributed by atoms with van der Waals surface area (Å²) in [5.74, 6) is -0.888. The number of amides is 1. The molecule has 2 aromatic rings. The van der Waals surface area contributed by atoms with Gasteiger partial charge in [-0.25, -0.2) is 4.98 Å². The van der Waals surface area contributed by atoms with Gasteiger partial charge in [0, 0.05) is 11.1 Å². The van der Waals surface area contributed by atoms with Crippen LogP contribution >= 0.6 is 23.2 Å². The van der Waals surface area contributed by atoms with Gasteiger partial charge in [0.1, 0.15) is 6.33 Å². The SMILES string of the molecule is CCC(C)NC(=O)c1ncn(-c2ccc(Cl)cc2Cl)c1C(F)(F)F. The average Bonchev–Trinajstić information content (AvgIpc) is 2.91. The number of carbonyl (C=O) groups excluding carboxylic acids is 1. The molecule has 24 heavy (non-hydrogen) atoms. The van der Waals surface area contributed by atoms with Crippen LogP contribution in [0.15, 0.2) is 24.5 Å². The Hall–Kier alpha value is -1.73. The number of nitrogens with one attached hydrogen (secondary N) is 1. The monoisotopic (exact) mass is 379 g/mol. The van der Waals surface area contributed by atoms with Gasteiger partial charge in [-0.05, 0) is 31.5 Å². The highest BCUT2D eigenvalue weighted by atomic mass is 35.5. The number of alkyl halides is 3. The van der Waals surface area contributed by atoms with Gasteiger partial charge in [0.25, 0.3) is 5.91 Å². The van der Waals surface area contributed by atoms with Crippen LogP contribution in [0.1, 0.15) is 36.5 Å². The van der Waals surface area contributed by atoms with Gasteiger partial charge in [0.2, 0.25) is 0 Å². The van der Waals surface area contributed by atoms with Crippen molar-refractivity contribution in [2.75, 3.05) is 0 Å². The molecule has 0 aliphatic heterocycles.